The van der Waals surface area contributed by atoms with Crippen molar-refractivity contribution in [2.45, 2.75) is 46.3 Å². The van der Waals surface area contributed by atoms with Crippen LogP contribution in [-0.4, -0.2) is 16.7 Å². The first kappa shape index (κ1) is 17.4. The molecule has 0 fully saturated rings. The van der Waals surface area contributed by atoms with Gasteiger partial charge in [-0.15, -0.1) is 0 Å². The molecule has 0 amide bonds. The molecule has 122 valence electrons. The zero-order valence-corrected chi connectivity index (χ0v) is 14.4. The topological polar surface area (TPSA) is 20.3 Å². The summed E-state index contributed by atoms with van der Waals surface area (Å²) in [5, 5.41) is 0. The van der Waals surface area contributed by atoms with Crippen LogP contribution < -0.4 is 0 Å². The van der Waals surface area contributed by atoms with Crippen molar-refractivity contribution in [2.75, 3.05) is 0 Å². The fraction of sp³-hybridized carbons (Fsp3) is 0.381. The Hall–Kier alpha value is -1.93. The Labute approximate surface area is 140 Å². The van der Waals surface area contributed by atoms with Gasteiger partial charge in [0.15, 0.2) is 0 Å². The largest absolute Gasteiger partial charge is 0.298 e. The van der Waals surface area contributed by atoms with Crippen LogP contribution in [0.15, 0.2) is 60.7 Å². The van der Waals surface area contributed by atoms with Crippen LogP contribution in [0, 0.1) is 5.92 Å². The second-order valence-electron chi connectivity index (χ2n) is 6.38. The molecule has 0 spiro atoms. The van der Waals surface area contributed by atoms with Crippen molar-refractivity contribution < 1.29 is 4.79 Å². The van der Waals surface area contributed by atoms with E-state index in [-0.39, 0.29) is 6.04 Å². The van der Waals surface area contributed by atoms with Gasteiger partial charge in [-0.1, -0.05) is 81.4 Å². The van der Waals surface area contributed by atoms with Gasteiger partial charge in [-0.2, -0.15) is 0 Å². The molecule has 0 aliphatic carbocycles. The molecule has 0 saturated heterocycles. The lowest BCUT2D eigenvalue weighted by molar-refractivity contribution is -0.126. The number of nitrogens with zero attached hydrogens (tertiary/aromatic N) is 1. The van der Waals surface area contributed by atoms with Crippen LogP contribution in [0.3, 0.4) is 0 Å². The molecular weight excluding hydrogens is 282 g/mol. The van der Waals surface area contributed by atoms with E-state index in [0.717, 1.165) is 13.1 Å². The van der Waals surface area contributed by atoms with Crippen LogP contribution in [0.1, 0.15) is 38.3 Å². The van der Waals surface area contributed by atoms with Gasteiger partial charge in [-0.25, -0.2) is 0 Å². The van der Waals surface area contributed by atoms with Crippen molar-refractivity contribution >= 4 is 5.78 Å². The third-order valence-electron chi connectivity index (χ3n) is 4.16. The zero-order valence-electron chi connectivity index (χ0n) is 14.4. The van der Waals surface area contributed by atoms with Gasteiger partial charge >= 0.3 is 0 Å². The first-order valence-electron chi connectivity index (χ1n) is 8.46. The molecule has 1 atom stereocenters. The Morgan fingerprint density at radius 1 is 0.870 bits per heavy atom. The third kappa shape index (κ3) is 5.04. The van der Waals surface area contributed by atoms with Gasteiger partial charge in [-0.3, -0.25) is 9.69 Å². The van der Waals surface area contributed by atoms with Crippen molar-refractivity contribution in [1.29, 1.82) is 0 Å². The fourth-order valence-corrected chi connectivity index (χ4v) is 3.09. The van der Waals surface area contributed by atoms with Crippen molar-refractivity contribution in [1.82, 2.24) is 4.90 Å². The van der Waals surface area contributed by atoms with Crippen molar-refractivity contribution in [3.63, 3.8) is 0 Å². The van der Waals surface area contributed by atoms with Crippen molar-refractivity contribution in [2.24, 2.45) is 5.92 Å². The van der Waals surface area contributed by atoms with E-state index in [0.29, 0.717) is 18.1 Å². The van der Waals surface area contributed by atoms with Gasteiger partial charge in [-0.05, 0) is 17.0 Å². The SMILES string of the molecule is CCC(=O)[C@H](C(C)C)N(Cc1ccccc1)Cc1ccccc1. The summed E-state index contributed by atoms with van der Waals surface area (Å²) < 4.78 is 0. The summed E-state index contributed by atoms with van der Waals surface area (Å²) in [4.78, 5) is 14.9. The van der Waals surface area contributed by atoms with Crippen LogP contribution in [-0.2, 0) is 17.9 Å². The maximum Gasteiger partial charge on any atom is 0.149 e. The summed E-state index contributed by atoms with van der Waals surface area (Å²) in [6.07, 6.45) is 0.586. The number of benzene rings is 2. The summed E-state index contributed by atoms with van der Waals surface area (Å²) >= 11 is 0. The lowest BCUT2D eigenvalue weighted by Gasteiger charge is -2.33. The quantitative estimate of drug-likeness (QED) is 0.705. The molecule has 0 bridgehead atoms. The highest BCUT2D eigenvalue weighted by Crippen LogP contribution is 2.20. The van der Waals surface area contributed by atoms with Crippen LogP contribution in [0.5, 0.6) is 0 Å². The smallest absolute Gasteiger partial charge is 0.149 e. The minimum atomic E-state index is -0.0413. The van der Waals surface area contributed by atoms with Crippen LogP contribution in [0.2, 0.25) is 0 Å². The molecule has 0 aromatic heterocycles. The highest BCUT2D eigenvalue weighted by molar-refractivity contribution is 5.84. The lowest BCUT2D eigenvalue weighted by Crippen LogP contribution is -2.43. The predicted octanol–water partition coefficient (Wildman–Crippen LogP) is 4.69. The summed E-state index contributed by atoms with van der Waals surface area (Å²) in [5.74, 6) is 0.627. The van der Waals surface area contributed by atoms with Gasteiger partial charge in [0.25, 0.3) is 0 Å². The van der Waals surface area contributed by atoms with Gasteiger partial charge < -0.3 is 0 Å². The van der Waals surface area contributed by atoms with E-state index in [9.17, 15) is 4.79 Å². The molecule has 0 unspecified atom stereocenters. The summed E-state index contributed by atoms with van der Waals surface area (Å²) in [7, 11) is 0. The van der Waals surface area contributed by atoms with Gasteiger partial charge in [0.1, 0.15) is 5.78 Å². The Kier molecular flexibility index (Phi) is 6.54. The molecule has 2 heteroatoms. The predicted molar refractivity (Wildman–Crippen MR) is 96.1 cm³/mol. The molecule has 2 aromatic rings. The fourth-order valence-electron chi connectivity index (χ4n) is 3.09. The molecule has 2 nitrogen and oxygen atoms in total. The normalized spacial score (nSPS) is 12.6. The Balaban J connectivity index is 2.27. The van der Waals surface area contributed by atoms with E-state index in [4.69, 9.17) is 0 Å². The van der Waals surface area contributed by atoms with E-state index in [2.05, 4.69) is 67.3 Å². The van der Waals surface area contributed by atoms with Gasteiger partial charge in [0, 0.05) is 19.5 Å². The van der Waals surface area contributed by atoms with E-state index in [1.165, 1.54) is 11.1 Å². The number of hydrogen-bond donors (Lipinski definition) is 0. The van der Waals surface area contributed by atoms with E-state index < -0.39 is 0 Å². The lowest BCUT2D eigenvalue weighted by atomic mass is 9.95. The average molecular weight is 309 g/mol. The first-order chi connectivity index (χ1) is 11.1. The highest BCUT2D eigenvalue weighted by atomic mass is 16.1. The number of carbonyl (C=O) groups is 1. The number of Topliss-reactive ketones (excluding diaryl/α,β-unsaturated/α-hetero) is 1. The molecule has 0 saturated carbocycles. The van der Waals surface area contributed by atoms with E-state index in [1.807, 2.05) is 19.1 Å². The van der Waals surface area contributed by atoms with E-state index >= 15 is 0 Å². The van der Waals surface area contributed by atoms with Crippen LogP contribution in [0.4, 0.5) is 0 Å². The molecule has 2 aromatic carbocycles. The molecule has 0 aliphatic rings. The number of carbonyl (C=O) groups excluding carboxylic acids is 1. The van der Waals surface area contributed by atoms with E-state index in [1.54, 1.807) is 0 Å². The van der Waals surface area contributed by atoms with Crippen molar-refractivity contribution in [3.05, 3.63) is 71.8 Å². The molecular formula is C21H27NO. The van der Waals surface area contributed by atoms with Crippen LogP contribution >= 0.6 is 0 Å². The second kappa shape index (κ2) is 8.64. The minimum absolute atomic E-state index is 0.0413. The number of rotatable bonds is 8. The third-order valence-corrected chi connectivity index (χ3v) is 4.16. The Morgan fingerprint density at radius 3 is 1.65 bits per heavy atom. The molecule has 2 rings (SSSR count). The zero-order chi connectivity index (χ0) is 16.7. The first-order valence-corrected chi connectivity index (χ1v) is 8.46. The summed E-state index contributed by atoms with van der Waals surface area (Å²) in [5.41, 5.74) is 2.50. The Bertz CT molecular complexity index is 550. The minimum Gasteiger partial charge on any atom is -0.298 e. The summed E-state index contributed by atoms with van der Waals surface area (Å²) in [6.45, 7) is 7.83. The summed E-state index contributed by atoms with van der Waals surface area (Å²) in [6, 6.07) is 20.8. The molecule has 0 aliphatic heterocycles. The maximum atomic E-state index is 12.5. The van der Waals surface area contributed by atoms with Crippen LogP contribution in [0.25, 0.3) is 0 Å². The Morgan fingerprint density at radius 2 is 1.30 bits per heavy atom. The maximum absolute atomic E-state index is 12.5. The van der Waals surface area contributed by atoms with Crippen molar-refractivity contribution in [3.8, 4) is 0 Å². The second-order valence-corrected chi connectivity index (χ2v) is 6.38. The number of ketones is 1. The molecule has 0 heterocycles. The molecule has 23 heavy (non-hydrogen) atoms. The van der Waals surface area contributed by atoms with Gasteiger partial charge in [0.2, 0.25) is 0 Å². The van der Waals surface area contributed by atoms with Gasteiger partial charge in [0.05, 0.1) is 6.04 Å². The monoisotopic (exact) mass is 309 g/mol. The average Bonchev–Trinajstić information content (AvgIpc) is 2.56. The molecule has 0 N–H and O–H groups in total. The highest BCUT2D eigenvalue weighted by Gasteiger charge is 2.27. The standard InChI is InChI=1S/C21H27NO/c1-4-20(23)21(17(2)3)22(15-18-11-7-5-8-12-18)16-19-13-9-6-10-14-19/h5-14,17,21H,4,15-16H2,1-3H3/t21-/m0/s1. The number of hydrogen-bond acceptors (Lipinski definition) is 2. The molecule has 0 radical (unpaired) electrons.